The molecule has 15 heavy (non-hydrogen) atoms. The molecule has 1 aromatic heterocycles. The van der Waals surface area contributed by atoms with Gasteiger partial charge in [0.15, 0.2) is 5.13 Å². The molecule has 1 N–H and O–H groups in total. The predicted molar refractivity (Wildman–Crippen MR) is 66.5 cm³/mol. The minimum absolute atomic E-state index is 0.633. The highest BCUT2D eigenvalue weighted by molar-refractivity contribution is 7.13. The number of hydrogen-bond acceptors (Lipinski definition) is 3. The van der Waals surface area contributed by atoms with Gasteiger partial charge in [-0.3, -0.25) is 0 Å². The summed E-state index contributed by atoms with van der Waals surface area (Å²) in [5.41, 5.74) is 1.21. The van der Waals surface area contributed by atoms with Crippen LogP contribution in [-0.2, 0) is 6.42 Å². The normalized spacial score (nSPS) is 17.7. The molecular weight excluding hydrogens is 204 g/mol. The Labute approximate surface area is 96.1 Å². The van der Waals surface area contributed by atoms with E-state index in [0.717, 1.165) is 17.5 Å². The van der Waals surface area contributed by atoms with E-state index in [-0.39, 0.29) is 0 Å². The second kappa shape index (κ2) is 4.97. The number of aryl methyl sites for hydroxylation is 1. The van der Waals surface area contributed by atoms with Crippen LogP contribution in [0.25, 0.3) is 0 Å². The molecule has 0 aromatic carbocycles. The molecular formula is C12H20N2S. The molecule has 2 nitrogen and oxygen atoms in total. The number of nitrogens with one attached hydrogen (secondary N) is 1. The van der Waals surface area contributed by atoms with Crippen molar-refractivity contribution in [3.8, 4) is 0 Å². The zero-order valence-electron chi connectivity index (χ0n) is 9.62. The topological polar surface area (TPSA) is 24.9 Å². The van der Waals surface area contributed by atoms with Crippen LogP contribution in [0.1, 0.15) is 45.2 Å². The number of nitrogens with zero attached hydrogens (tertiary/aromatic N) is 1. The van der Waals surface area contributed by atoms with Crippen LogP contribution in [0.3, 0.4) is 0 Å². The lowest BCUT2D eigenvalue weighted by Crippen LogP contribution is -2.18. The van der Waals surface area contributed by atoms with Crippen molar-refractivity contribution >= 4 is 16.5 Å². The van der Waals surface area contributed by atoms with Gasteiger partial charge in [-0.15, -0.1) is 11.3 Å². The Balaban J connectivity index is 1.86. The molecule has 0 aliphatic heterocycles. The van der Waals surface area contributed by atoms with Crippen molar-refractivity contribution in [3.05, 3.63) is 11.1 Å². The van der Waals surface area contributed by atoms with Gasteiger partial charge in [0.25, 0.3) is 0 Å². The highest BCUT2D eigenvalue weighted by atomic mass is 32.1. The second-order valence-corrected chi connectivity index (χ2v) is 5.28. The maximum Gasteiger partial charge on any atom is 0.183 e. The lowest BCUT2D eigenvalue weighted by molar-refractivity contribution is 0.586. The third-order valence-electron chi connectivity index (χ3n) is 3.05. The lowest BCUT2D eigenvalue weighted by atomic mass is 10.1. The van der Waals surface area contributed by atoms with Gasteiger partial charge in [-0.25, -0.2) is 4.98 Å². The summed E-state index contributed by atoms with van der Waals surface area (Å²) in [6.07, 6.45) is 6.46. The Hall–Kier alpha value is -0.570. The summed E-state index contributed by atoms with van der Waals surface area (Å²) >= 11 is 1.74. The van der Waals surface area contributed by atoms with Gasteiger partial charge in [-0.1, -0.05) is 26.7 Å². The Bertz CT molecular complexity index is 304. The zero-order valence-corrected chi connectivity index (χ0v) is 10.4. The van der Waals surface area contributed by atoms with Crippen LogP contribution in [0.2, 0.25) is 0 Å². The molecule has 1 saturated carbocycles. The van der Waals surface area contributed by atoms with Gasteiger partial charge in [0.05, 0.1) is 5.69 Å². The summed E-state index contributed by atoms with van der Waals surface area (Å²) in [6, 6.07) is 0.633. The maximum atomic E-state index is 4.55. The van der Waals surface area contributed by atoms with Crippen LogP contribution >= 0.6 is 11.3 Å². The highest BCUT2D eigenvalue weighted by Gasteiger charge is 2.24. The molecule has 1 fully saturated rings. The fourth-order valence-corrected chi connectivity index (χ4v) is 2.67. The summed E-state index contributed by atoms with van der Waals surface area (Å²) in [5.74, 6) is 0.994. The number of rotatable bonds is 6. The first-order valence-corrected chi connectivity index (χ1v) is 6.90. The van der Waals surface area contributed by atoms with Crippen molar-refractivity contribution in [2.45, 2.75) is 52.0 Å². The van der Waals surface area contributed by atoms with Crippen molar-refractivity contribution in [3.63, 3.8) is 0 Å². The molecule has 1 aliphatic carbocycles. The van der Waals surface area contributed by atoms with E-state index in [0.29, 0.717) is 6.04 Å². The summed E-state index contributed by atoms with van der Waals surface area (Å²) in [4.78, 5) is 4.55. The predicted octanol–water partition coefficient (Wildman–Crippen LogP) is 3.70. The molecule has 0 spiro atoms. The summed E-state index contributed by atoms with van der Waals surface area (Å²) in [6.45, 7) is 4.41. The molecule has 1 atom stereocenters. The summed E-state index contributed by atoms with van der Waals surface area (Å²) < 4.78 is 0. The van der Waals surface area contributed by atoms with Crippen LogP contribution in [0.15, 0.2) is 5.38 Å². The Morgan fingerprint density at radius 2 is 2.33 bits per heavy atom. The lowest BCUT2D eigenvalue weighted by Gasteiger charge is -2.15. The van der Waals surface area contributed by atoms with Crippen LogP contribution in [0, 0.1) is 5.92 Å². The van der Waals surface area contributed by atoms with Crippen molar-refractivity contribution in [2.24, 2.45) is 5.92 Å². The average Bonchev–Trinajstić information content (AvgIpc) is 2.95. The molecule has 3 heteroatoms. The van der Waals surface area contributed by atoms with Crippen LogP contribution in [-0.4, -0.2) is 11.0 Å². The van der Waals surface area contributed by atoms with Gasteiger partial charge >= 0.3 is 0 Å². The van der Waals surface area contributed by atoms with Crippen LogP contribution in [0.4, 0.5) is 5.13 Å². The monoisotopic (exact) mass is 224 g/mol. The van der Waals surface area contributed by atoms with Gasteiger partial charge in [-0.05, 0) is 25.2 Å². The van der Waals surface area contributed by atoms with Gasteiger partial charge < -0.3 is 5.32 Å². The molecule has 1 unspecified atom stereocenters. The molecule has 1 heterocycles. The minimum Gasteiger partial charge on any atom is -0.359 e. The Morgan fingerprint density at radius 1 is 1.53 bits per heavy atom. The molecule has 0 radical (unpaired) electrons. The van der Waals surface area contributed by atoms with Gasteiger partial charge in [-0.2, -0.15) is 0 Å². The maximum absolute atomic E-state index is 4.55. The summed E-state index contributed by atoms with van der Waals surface area (Å²) in [7, 11) is 0. The van der Waals surface area contributed by atoms with Crippen LogP contribution in [0.5, 0.6) is 0 Å². The van der Waals surface area contributed by atoms with Gasteiger partial charge in [0.2, 0.25) is 0 Å². The molecule has 0 bridgehead atoms. The largest absolute Gasteiger partial charge is 0.359 e. The van der Waals surface area contributed by atoms with E-state index in [1.807, 2.05) is 0 Å². The second-order valence-electron chi connectivity index (χ2n) is 4.43. The molecule has 84 valence electrons. The minimum atomic E-state index is 0.633. The van der Waals surface area contributed by atoms with E-state index in [2.05, 4.69) is 29.5 Å². The van der Waals surface area contributed by atoms with Crippen molar-refractivity contribution in [1.82, 2.24) is 4.98 Å². The first-order valence-electron chi connectivity index (χ1n) is 6.02. The Morgan fingerprint density at radius 3 is 2.87 bits per heavy atom. The molecule has 1 aliphatic rings. The zero-order chi connectivity index (χ0) is 10.7. The number of anilines is 1. The van der Waals surface area contributed by atoms with Crippen molar-refractivity contribution < 1.29 is 0 Å². The van der Waals surface area contributed by atoms with Gasteiger partial charge in [0.1, 0.15) is 0 Å². The molecule has 0 saturated heterocycles. The van der Waals surface area contributed by atoms with Crippen molar-refractivity contribution in [2.75, 3.05) is 5.32 Å². The number of aromatic nitrogens is 1. The van der Waals surface area contributed by atoms with Crippen LogP contribution < -0.4 is 5.32 Å². The third-order valence-corrected chi connectivity index (χ3v) is 3.87. The molecule has 2 rings (SSSR count). The van der Waals surface area contributed by atoms with E-state index >= 15 is 0 Å². The summed E-state index contributed by atoms with van der Waals surface area (Å²) in [5, 5.41) is 6.83. The fraction of sp³-hybridized carbons (Fsp3) is 0.750. The van der Waals surface area contributed by atoms with E-state index in [4.69, 9.17) is 0 Å². The molecule has 0 amide bonds. The highest BCUT2D eigenvalue weighted by Crippen LogP contribution is 2.35. The number of thiazole rings is 1. The van der Waals surface area contributed by atoms with E-state index in [9.17, 15) is 0 Å². The van der Waals surface area contributed by atoms with Gasteiger partial charge in [0, 0.05) is 11.4 Å². The quantitative estimate of drug-likeness (QED) is 0.797. The SMILES string of the molecule is CCc1csc(NC(CC)CC2CC2)n1. The average molecular weight is 224 g/mol. The third kappa shape index (κ3) is 3.20. The standard InChI is InChI=1S/C12H20N2S/c1-3-10(7-9-5-6-9)13-12-14-11(4-2)8-15-12/h8-10H,3-7H2,1-2H3,(H,13,14). The molecule has 1 aromatic rings. The smallest absolute Gasteiger partial charge is 0.183 e. The van der Waals surface area contributed by atoms with E-state index in [1.165, 1.54) is 31.4 Å². The van der Waals surface area contributed by atoms with Crippen molar-refractivity contribution in [1.29, 1.82) is 0 Å². The fourth-order valence-electron chi connectivity index (χ4n) is 1.79. The first kappa shape index (κ1) is 10.9. The first-order chi connectivity index (χ1) is 7.31. The Kier molecular flexibility index (Phi) is 3.62. The van der Waals surface area contributed by atoms with E-state index in [1.54, 1.807) is 11.3 Å². The van der Waals surface area contributed by atoms with E-state index < -0.39 is 0 Å². The number of hydrogen-bond donors (Lipinski definition) is 1.